The number of rotatable bonds is 3. The maximum absolute atomic E-state index is 12.0. The van der Waals surface area contributed by atoms with Gasteiger partial charge in [0, 0.05) is 5.56 Å². The average Bonchev–Trinajstić information content (AvgIpc) is 3.08. The number of thiazole rings is 1. The van der Waals surface area contributed by atoms with Crippen LogP contribution in [0.2, 0.25) is 5.02 Å². The first-order valence-electron chi connectivity index (χ1n) is 6.04. The number of nitrogens with zero attached hydrogens (tertiary/aromatic N) is 3. The van der Waals surface area contributed by atoms with Gasteiger partial charge in [0.15, 0.2) is 5.82 Å². The van der Waals surface area contributed by atoms with Gasteiger partial charge in [-0.05, 0) is 19.1 Å². The standard InChI is InChI=1S/C13H10ClN5OS/c1-7-10(21-6-15-7)12(20)17-13-16-11(18-19-13)8-4-2-3-5-9(8)14/h2-6H,1H3,(H2,16,17,18,19,20). The molecule has 2 aromatic heterocycles. The van der Waals surface area contributed by atoms with E-state index in [-0.39, 0.29) is 11.9 Å². The van der Waals surface area contributed by atoms with Gasteiger partial charge in [-0.1, -0.05) is 23.7 Å². The largest absolute Gasteiger partial charge is 0.288 e. The summed E-state index contributed by atoms with van der Waals surface area (Å²) in [6.45, 7) is 1.78. The first kappa shape index (κ1) is 13.7. The number of halogens is 1. The minimum Gasteiger partial charge on any atom is -0.288 e. The van der Waals surface area contributed by atoms with E-state index in [9.17, 15) is 4.79 Å². The van der Waals surface area contributed by atoms with E-state index in [2.05, 4.69) is 25.5 Å². The van der Waals surface area contributed by atoms with Crippen LogP contribution in [0.4, 0.5) is 5.95 Å². The van der Waals surface area contributed by atoms with Crippen molar-refractivity contribution in [2.45, 2.75) is 6.92 Å². The third-order valence-electron chi connectivity index (χ3n) is 2.79. The van der Waals surface area contributed by atoms with E-state index < -0.39 is 0 Å². The highest BCUT2D eigenvalue weighted by atomic mass is 35.5. The molecule has 0 aliphatic heterocycles. The molecule has 0 saturated carbocycles. The number of carbonyl (C=O) groups excluding carboxylic acids is 1. The molecule has 0 aliphatic rings. The van der Waals surface area contributed by atoms with Gasteiger partial charge in [0.2, 0.25) is 5.95 Å². The number of carbonyl (C=O) groups is 1. The van der Waals surface area contributed by atoms with Crippen LogP contribution in [0.5, 0.6) is 0 Å². The van der Waals surface area contributed by atoms with Gasteiger partial charge in [-0.3, -0.25) is 15.2 Å². The van der Waals surface area contributed by atoms with Crippen LogP contribution in [0, 0.1) is 6.92 Å². The van der Waals surface area contributed by atoms with Crippen molar-refractivity contribution in [1.29, 1.82) is 0 Å². The van der Waals surface area contributed by atoms with Crippen LogP contribution in [0.3, 0.4) is 0 Å². The van der Waals surface area contributed by atoms with E-state index in [4.69, 9.17) is 11.6 Å². The molecule has 0 aliphatic carbocycles. The molecule has 106 valence electrons. The fraction of sp³-hybridized carbons (Fsp3) is 0.0769. The highest BCUT2D eigenvalue weighted by Crippen LogP contribution is 2.25. The molecule has 0 saturated heterocycles. The Labute approximate surface area is 129 Å². The Hall–Kier alpha value is -2.25. The minimum atomic E-state index is -0.278. The predicted molar refractivity (Wildman–Crippen MR) is 81.6 cm³/mol. The highest BCUT2D eigenvalue weighted by molar-refractivity contribution is 7.12. The molecular weight excluding hydrogens is 310 g/mol. The zero-order chi connectivity index (χ0) is 14.8. The third-order valence-corrected chi connectivity index (χ3v) is 4.05. The molecule has 0 bridgehead atoms. The molecule has 8 heteroatoms. The summed E-state index contributed by atoms with van der Waals surface area (Å²) in [5.74, 6) is 0.416. The van der Waals surface area contributed by atoms with Crippen LogP contribution in [0.1, 0.15) is 15.4 Å². The monoisotopic (exact) mass is 319 g/mol. The topological polar surface area (TPSA) is 83.6 Å². The van der Waals surface area contributed by atoms with E-state index in [1.807, 2.05) is 18.2 Å². The first-order valence-corrected chi connectivity index (χ1v) is 7.29. The van der Waals surface area contributed by atoms with Crippen LogP contribution in [0.15, 0.2) is 29.8 Å². The van der Waals surface area contributed by atoms with Crippen molar-refractivity contribution in [1.82, 2.24) is 20.2 Å². The van der Waals surface area contributed by atoms with Crippen molar-refractivity contribution >= 4 is 34.8 Å². The molecule has 0 spiro atoms. The Bertz CT molecular complexity index is 797. The fourth-order valence-corrected chi connectivity index (χ4v) is 2.69. The normalized spacial score (nSPS) is 10.6. The quantitative estimate of drug-likeness (QED) is 0.776. The number of aromatic amines is 1. The molecule has 0 radical (unpaired) electrons. The Balaban J connectivity index is 1.82. The summed E-state index contributed by atoms with van der Waals surface area (Å²) in [5, 5.41) is 9.92. The fourth-order valence-electron chi connectivity index (χ4n) is 1.77. The summed E-state index contributed by atoms with van der Waals surface area (Å²) < 4.78 is 0. The summed E-state index contributed by atoms with van der Waals surface area (Å²) in [7, 11) is 0. The molecule has 3 rings (SSSR count). The summed E-state index contributed by atoms with van der Waals surface area (Å²) in [4.78, 5) is 20.8. The lowest BCUT2D eigenvalue weighted by molar-refractivity contribution is 0.102. The van der Waals surface area contributed by atoms with Crippen LogP contribution in [0.25, 0.3) is 11.4 Å². The van der Waals surface area contributed by atoms with E-state index >= 15 is 0 Å². The number of anilines is 1. The molecule has 21 heavy (non-hydrogen) atoms. The van der Waals surface area contributed by atoms with Gasteiger partial charge in [-0.25, -0.2) is 4.98 Å². The Morgan fingerprint density at radius 1 is 1.38 bits per heavy atom. The number of hydrogen-bond donors (Lipinski definition) is 2. The lowest BCUT2D eigenvalue weighted by Gasteiger charge is -1.99. The van der Waals surface area contributed by atoms with Crippen molar-refractivity contribution in [2.24, 2.45) is 0 Å². The van der Waals surface area contributed by atoms with E-state index in [0.29, 0.717) is 21.4 Å². The predicted octanol–water partition coefficient (Wildman–Crippen LogP) is 3.14. The molecular formula is C13H10ClN5OS. The maximum Gasteiger partial charge on any atom is 0.270 e. The lowest BCUT2D eigenvalue weighted by atomic mass is 10.2. The van der Waals surface area contributed by atoms with Crippen molar-refractivity contribution in [2.75, 3.05) is 5.32 Å². The maximum atomic E-state index is 12.0. The second-order valence-corrected chi connectivity index (χ2v) is 5.47. The summed E-state index contributed by atoms with van der Waals surface area (Å²) >= 11 is 7.37. The van der Waals surface area contributed by atoms with Gasteiger partial charge < -0.3 is 0 Å². The second-order valence-electron chi connectivity index (χ2n) is 4.21. The lowest BCUT2D eigenvalue weighted by Crippen LogP contribution is -2.12. The number of hydrogen-bond acceptors (Lipinski definition) is 5. The van der Waals surface area contributed by atoms with Crippen LogP contribution < -0.4 is 5.32 Å². The Morgan fingerprint density at radius 3 is 2.90 bits per heavy atom. The Morgan fingerprint density at radius 2 is 2.19 bits per heavy atom. The smallest absolute Gasteiger partial charge is 0.270 e. The molecule has 6 nitrogen and oxygen atoms in total. The van der Waals surface area contributed by atoms with Gasteiger partial charge in [-0.2, -0.15) is 4.98 Å². The van der Waals surface area contributed by atoms with Crippen LogP contribution >= 0.6 is 22.9 Å². The van der Waals surface area contributed by atoms with Crippen LogP contribution in [-0.2, 0) is 0 Å². The SMILES string of the molecule is Cc1ncsc1C(=O)Nc1n[nH]c(-c2ccccc2Cl)n1. The van der Waals surface area contributed by atoms with Crippen molar-refractivity contribution in [3.05, 3.63) is 45.4 Å². The molecule has 3 aromatic rings. The summed E-state index contributed by atoms with van der Waals surface area (Å²) in [6, 6.07) is 7.26. The molecule has 2 N–H and O–H groups in total. The van der Waals surface area contributed by atoms with E-state index in [1.54, 1.807) is 18.5 Å². The number of aryl methyl sites for hydroxylation is 1. The van der Waals surface area contributed by atoms with E-state index in [0.717, 1.165) is 5.56 Å². The van der Waals surface area contributed by atoms with Crippen molar-refractivity contribution in [3.8, 4) is 11.4 Å². The molecule has 1 amide bonds. The number of H-pyrrole nitrogens is 1. The molecule has 0 fully saturated rings. The van der Waals surface area contributed by atoms with Gasteiger partial charge in [0.1, 0.15) is 4.88 Å². The van der Waals surface area contributed by atoms with Gasteiger partial charge in [-0.15, -0.1) is 16.4 Å². The minimum absolute atomic E-state index is 0.197. The van der Waals surface area contributed by atoms with Gasteiger partial charge in [0.05, 0.1) is 16.2 Å². The molecule has 0 unspecified atom stereocenters. The molecule has 2 heterocycles. The molecule has 0 atom stereocenters. The number of benzene rings is 1. The van der Waals surface area contributed by atoms with Crippen molar-refractivity contribution in [3.63, 3.8) is 0 Å². The third kappa shape index (κ3) is 2.79. The Kier molecular flexibility index (Phi) is 3.68. The summed E-state index contributed by atoms with van der Waals surface area (Å²) in [6.07, 6.45) is 0. The average molecular weight is 320 g/mol. The summed E-state index contributed by atoms with van der Waals surface area (Å²) in [5.41, 5.74) is 3.03. The van der Waals surface area contributed by atoms with E-state index in [1.165, 1.54) is 11.3 Å². The first-order chi connectivity index (χ1) is 10.1. The van der Waals surface area contributed by atoms with Crippen molar-refractivity contribution < 1.29 is 4.79 Å². The number of nitrogens with one attached hydrogen (secondary N) is 2. The zero-order valence-electron chi connectivity index (χ0n) is 10.9. The number of aromatic nitrogens is 4. The van der Waals surface area contributed by atoms with Gasteiger partial charge in [0.25, 0.3) is 5.91 Å². The zero-order valence-corrected chi connectivity index (χ0v) is 12.5. The van der Waals surface area contributed by atoms with Crippen LogP contribution in [-0.4, -0.2) is 26.1 Å². The molecule has 1 aromatic carbocycles. The van der Waals surface area contributed by atoms with Gasteiger partial charge >= 0.3 is 0 Å². The highest BCUT2D eigenvalue weighted by Gasteiger charge is 2.15. The second kappa shape index (κ2) is 5.63. The number of amides is 1.